The molecule has 0 fully saturated rings. The van der Waals surface area contributed by atoms with E-state index in [2.05, 4.69) is 25.7 Å². The molecule has 84 valence electrons. The maximum Gasteiger partial charge on any atom is 0.313 e. The number of nitrogens with two attached hydrogens (primary N) is 1. The van der Waals surface area contributed by atoms with Gasteiger partial charge in [0.15, 0.2) is 0 Å². The molecule has 0 aliphatic heterocycles. The molecular weight excluding hydrogens is 222 g/mol. The Labute approximate surface area is 95.1 Å². The van der Waals surface area contributed by atoms with E-state index in [-0.39, 0.29) is 11.9 Å². The Bertz CT molecular complexity index is 630. The normalized spacial score (nSPS) is 10.6. The van der Waals surface area contributed by atoms with Gasteiger partial charge in [0.1, 0.15) is 0 Å². The SMILES string of the molecule is Nc1nnc(-c2nnnn2-c2ccccc2)o1. The molecule has 8 nitrogen and oxygen atoms in total. The Kier molecular flexibility index (Phi) is 2.04. The van der Waals surface area contributed by atoms with Crippen molar-refractivity contribution < 1.29 is 4.42 Å². The minimum atomic E-state index is -0.0254. The zero-order valence-corrected chi connectivity index (χ0v) is 8.56. The zero-order valence-electron chi connectivity index (χ0n) is 8.56. The first-order chi connectivity index (χ1) is 8.34. The standard InChI is InChI=1S/C9H7N7O/c10-9-13-12-8(17-9)7-11-14-15-16(7)6-4-2-1-3-5-6/h1-5H,(H2,10,13). The Morgan fingerprint density at radius 2 is 1.88 bits per heavy atom. The maximum absolute atomic E-state index is 5.36. The molecule has 8 heteroatoms. The number of benzene rings is 1. The lowest BCUT2D eigenvalue weighted by atomic mass is 10.3. The number of aromatic nitrogens is 6. The first-order valence-corrected chi connectivity index (χ1v) is 4.78. The van der Waals surface area contributed by atoms with Crippen LogP contribution in [0.2, 0.25) is 0 Å². The number of nitrogen functional groups attached to an aromatic ring is 1. The summed E-state index contributed by atoms with van der Waals surface area (Å²) in [6.07, 6.45) is 0. The molecule has 0 bridgehead atoms. The molecule has 17 heavy (non-hydrogen) atoms. The van der Waals surface area contributed by atoms with Gasteiger partial charge in [-0.1, -0.05) is 23.3 Å². The summed E-state index contributed by atoms with van der Waals surface area (Å²) >= 11 is 0. The summed E-state index contributed by atoms with van der Waals surface area (Å²) in [4.78, 5) is 0. The average molecular weight is 229 g/mol. The summed E-state index contributed by atoms with van der Waals surface area (Å²) in [6, 6.07) is 9.35. The Balaban J connectivity index is 2.12. The molecule has 0 saturated heterocycles. The first-order valence-electron chi connectivity index (χ1n) is 4.78. The molecule has 2 N–H and O–H groups in total. The molecule has 0 saturated carbocycles. The Morgan fingerprint density at radius 3 is 2.59 bits per heavy atom. The van der Waals surface area contributed by atoms with Gasteiger partial charge < -0.3 is 10.2 Å². The van der Waals surface area contributed by atoms with Gasteiger partial charge in [-0.15, -0.1) is 10.2 Å². The highest BCUT2D eigenvalue weighted by molar-refractivity contribution is 5.46. The summed E-state index contributed by atoms with van der Waals surface area (Å²) in [7, 11) is 0. The van der Waals surface area contributed by atoms with E-state index in [1.807, 2.05) is 30.3 Å². The van der Waals surface area contributed by atoms with Crippen molar-refractivity contribution in [3.8, 4) is 17.4 Å². The van der Waals surface area contributed by atoms with Gasteiger partial charge in [-0.2, -0.15) is 4.68 Å². The lowest BCUT2D eigenvalue weighted by molar-refractivity contribution is 0.581. The highest BCUT2D eigenvalue weighted by atomic mass is 16.4. The number of rotatable bonds is 2. The van der Waals surface area contributed by atoms with Crippen LogP contribution in [0.15, 0.2) is 34.7 Å². The van der Waals surface area contributed by atoms with E-state index in [4.69, 9.17) is 10.2 Å². The van der Waals surface area contributed by atoms with E-state index < -0.39 is 0 Å². The molecule has 3 aromatic rings. The molecular formula is C9H7N7O. The molecule has 0 aliphatic carbocycles. The van der Waals surface area contributed by atoms with Gasteiger partial charge in [-0.3, -0.25) is 0 Å². The van der Waals surface area contributed by atoms with Crippen LogP contribution in [0.3, 0.4) is 0 Å². The number of para-hydroxylation sites is 1. The Hall–Kier alpha value is -2.77. The predicted octanol–water partition coefficient (Wildman–Crippen LogP) is 0.294. The van der Waals surface area contributed by atoms with Crippen LogP contribution in [0.5, 0.6) is 0 Å². The fourth-order valence-corrected chi connectivity index (χ4v) is 1.39. The Morgan fingerprint density at radius 1 is 1.06 bits per heavy atom. The third-order valence-corrected chi connectivity index (χ3v) is 2.10. The number of tetrazole rings is 1. The molecule has 0 aliphatic rings. The van der Waals surface area contributed by atoms with Crippen molar-refractivity contribution in [1.29, 1.82) is 0 Å². The summed E-state index contributed by atoms with van der Waals surface area (Å²) in [5.41, 5.74) is 6.15. The van der Waals surface area contributed by atoms with Gasteiger partial charge in [-0.25, -0.2) is 0 Å². The number of hydrogen-bond acceptors (Lipinski definition) is 7. The fourth-order valence-electron chi connectivity index (χ4n) is 1.39. The monoisotopic (exact) mass is 229 g/mol. The van der Waals surface area contributed by atoms with Crippen LogP contribution in [-0.4, -0.2) is 30.4 Å². The molecule has 0 atom stereocenters. The lowest BCUT2D eigenvalue weighted by Crippen LogP contribution is -1.99. The van der Waals surface area contributed by atoms with Crippen LogP contribution in [0, 0.1) is 0 Å². The molecule has 0 radical (unpaired) electrons. The predicted molar refractivity (Wildman–Crippen MR) is 56.9 cm³/mol. The maximum atomic E-state index is 5.36. The minimum Gasteiger partial charge on any atom is -0.400 e. The number of anilines is 1. The van der Waals surface area contributed by atoms with E-state index >= 15 is 0 Å². The van der Waals surface area contributed by atoms with Gasteiger partial charge in [0.25, 0.3) is 5.89 Å². The minimum absolute atomic E-state index is 0.0254. The van der Waals surface area contributed by atoms with Crippen molar-refractivity contribution >= 4 is 6.01 Å². The van der Waals surface area contributed by atoms with Crippen LogP contribution >= 0.6 is 0 Å². The summed E-state index contributed by atoms with van der Waals surface area (Å²) in [5, 5.41) is 18.6. The third kappa shape index (κ3) is 1.61. The fraction of sp³-hybridized carbons (Fsp3) is 0. The second-order valence-electron chi connectivity index (χ2n) is 3.20. The van der Waals surface area contributed by atoms with Gasteiger partial charge in [-0.05, 0) is 22.6 Å². The zero-order chi connectivity index (χ0) is 11.7. The summed E-state index contributed by atoms with van der Waals surface area (Å²) in [6.45, 7) is 0. The van der Waals surface area contributed by atoms with E-state index in [9.17, 15) is 0 Å². The van der Waals surface area contributed by atoms with Crippen molar-refractivity contribution in [1.82, 2.24) is 30.4 Å². The molecule has 3 rings (SSSR count). The van der Waals surface area contributed by atoms with Gasteiger partial charge in [0.05, 0.1) is 5.69 Å². The van der Waals surface area contributed by atoms with E-state index in [0.29, 0.717) is 5.82 Å². The molecule has 2 aromatic heterocycles. The van der Waals surface area contributed by atoms with Crippen LogP contribution < -0.4 is 5.73 Å². The highest BCUT2D eigenvalue weighted by Gasteiger charge is 2.16. The van der Waals surface area contributed by atoms with Crippen LogP contribution in [0.1, 0.15) is 0 Å². The van der Waals surface area contributed by atoms with Gasteiger partial charge in [0, 0.05) is 0 Å². The van der Waals surface area contributed by atoms with Crippen LogP contribution in [0.4, 0.5) is 6.01 Å². The summed E-state index contributed by atoms with van der Waals surface area (Å²) < 4.78 is 6.58. The highest BCUT2D eigenvalue weighted by Crippen LogP contribution is 2.18. The van der Waals surface area contributed by atoms with Crippen molar-refractivity contribution in [2.24, 2.45) is 0 Å². The van der Waals surface area contributed by atoms with E-state index in [1.165, 1.54) is 4.68 Å². The van der Waals surface area contributed by atoms with Crippen molar-refractivity contribution in [3.63, 3.8) is 0 Å². The molecule has 2 heterocycles. The second kappa shape index (κ2) is 3.67. The largest absolute Gasteiger partial charge is 0.400 e. The number of hydrogen-bond donors (Lipinski definition) is 1. The quantitative estimate of drug-likeness (QED) is 0.672. The molecule has 0 amide bonds. The topological polar surface area (TPSA) is 109 Å². The lowest BCUT2D eigenvalue weighted by Gasteiger charge is -2.00. The number of nitrogens with zero attached hydrogens (tertiary/aromatic N) is 6. The van der Waals surface area contributed by atoms with Crippen molar-refractivity contribution in [3.05, 3.63) is 30.3 Å². The van der Waals surface area contributed by atoms with Crippen LogP contribution in [0.25, 0.3) is 17.4 Å². The van der Waals surface area contributed by atoms with Gasteiger partial charge >= 0.3 is 6.01 Å². The first kappa shape index (κ1) is 9.46. The van der Waals surface area contributed by atoms with E-state index in [1.54, 1.807) is 0 Å². The average Bonchev–Trinajstić information content (AvgIpc) is 2.98. The second-order valence-corrected chi connectivity index (χ2v) is 3.20. The van der Waals surface area contributed by atoms with Crippen LogP contribution in [-0.2, 0) is 0 Å². The third-order valence-electron chi connectivity index (χ3n) is 2.10. The molecule has 1 aromatic carbocycles. The summed E-state index contributed by atoms with van der Waals surface area (Å²) in [5.74, 6) is 0.525. The van der Waals surface area contributed by atoms with Crippen molar-refractivity contribution in [2.75, 3.05) is 5.73 Å². The van der Waals surface area contributed by atoms with Crippen molar-refractivity contribution in [2.45, 2.75) is 0 Å². The van der Waals surface area contributed by atoms with Gasteiger partial charge in [0.2, 0.25) is 5.82 Å². The molecule has 0 spiro atoms. The smallest absolute Gasteiger partial charge is 0.313 e. The molecule has 0 unspecified atom stereocenters. The van der Waals surface area contributed by atoms with E-state index in [0.717, 1.165) is 5.69 Å².